The Bertz CT molecular complexity index is 689. The van der Waals surface area contributed by atoms with Crippen LogP contribution in [0.25, 0.3) is 0 Å². The first kappa shape index (κ1) is 16.0. The monoisotopic (exact) mass is 351 g/mol. The number of aromatic nitrogens is 2. The Hall–Kier alpha value is -1.85. The highest BCUT2D eigenvalue weighted by Gasteiger charge is 2.26. The number of amides is 1. The molecule has 0 radical (unpaired) electrons. The van der Waals surface area contributed by atoms with E-state index in [2.05, 4.69) is 9.97 Å². The van der Waals surface area contributed by atoms with E-state index in [1.54, 1.807) is 35.4 Å². The summed E-state index contributed by atoms with van der Waals surface area (Å²) in [6.07, 6.45) is 4.65. The first-order valence-electron chi connectivity index (χ1n) is 7.30. The number of halogens is 2. The molecule has 1 aliphatic rings. The number of carbonyl (C=O) groups excluding carboxylic acids is 1. The molecule has 1 aromatic heterocycles. The van der Waals surface area contributed by atoms with E-state index in [4.69, 9.17) is 27.9 Å². The SMILES string of the molecule is O=C(c1ccc(Cl)cc1Cl)N1CCC(Oc2ccncn2)CC1. The fourth-order valence-corrected chi connectivity index (χ4v) is 3.02. The molecule has 1 saturated heterocycles. The number of hydrogen-bond acceptors (Lipinski definition) is 4. The molecule has 5 nitrogen and oxygen atoms in total. The summed E-state index contributed by atoms with van der Waals surface area (Å²) in [7, 11) is 0. The van der Waals surface area contributed by atoms with E-state index in [0.29, 0.717) is 34.6 Å². The van der Waals surface area contributed by atoms with E-state index < -0.39 is 0 Å². The zero-order valence-corrected chi connectivity index (χ0v) is 13.8. The molecular weight excluding hydrogens is 337 g/mol. The van der Waals surface area contributed by atoms with Gasteiger partial charge in [0.25, 0.3) is 5.91 Å². The number of nitrogens with zero attached hydrogens (tertiary/aromatic N) is 3. The molecule has 0 bridgehead atoms. The van der Waals surface area contributed by atoms with Gasteiger partial charge in [0, 0.05) is 43.2 Å². The molecule has 2 aromatic rings. The van der Waals surface area contributed by atoms with E-state index in [0.717, 1.165) is 12.8 Å². The van der Waals surface area contributed by atoms with Gasteiger partial charge in [0.15, 0.2) is 0 Å². The van der Waals surface area contributed by atoms with Crippen LogP contribution in [0.1, 0.15) is 23.2 Å². The topological polar surface area (TPSA) is 55.3 Å². The van der Waals surface area contributed by atoms with Gasteiger partial charge in [0.1, 0.15) is 12.4 Å². The maximum absolute atomic E-state index is 12.5. The molecule has 0 atom stereocenters. The van der Waals surface area contributed by atoms with Crippen molar-refractivity contribution in [2.24, 2.45) is 0 Å². The zero-order valence-electron chi connectivity index (χ0n) is 12.3. The van der Waals surface area contributed by atoms with E-state index in [9.17, 15) is 4.79 Å². The predicted octanol–water partition coefficient (Wildman–Crippen LogP) is 3.47. The van der Waals surface area contributed by atoms with Crippen molar-refractivity contribution in [1.29, 1.82) is 0 Å². The van der Waals surface area contributed by atoms with Gasteiger partial charge in [-0.15, -0.1) is 0 Å². The third-order valence-corrected chi connectivity index (χ3v) is 4.28. The average molecular weight is 352 g/mol. The number of likely N-dealkylation sites (tertiary alicyclic amines) is 1. The molecule has 1 fully saturated rings. The van der Waals surface area contributed by atoms with E-state index in [1.807, 2.05) is 0 Å². The summed E-state index contributed by atoms with van der Waals surface area (Å²) in [5.74, 6) is 0.484. The summed E-state index contributed by atoms with van der Waals surface area (Å²) in [5.41, 5.74) is 0.478. The highest BCUT2D eigenvalue weighted by atomic mass is 35.5. The molecule has 23 heavy (non-hydrogen) atoms. The van der Waals surface area contributed by atoms with Crippen LogP contribution in [0.4, 0.5) is 0 Å². The van der Waals surface area contributed by atoms with Crippen molar-refractivity contribution >= 4 is 29.1 Å². The van der Waals surface area contributed by atoms with Gasteiger partial charge < -0.3 is 9.64 Å². The van der Waals surface area contributed by atoms with E-state index >= 15 is 0 Å². The second-order valence-corrected chi connectivity index (χ2v) is 6.12. The third-order valence-electron chi connectivity index (χ3n) is 3.73. The summed E-state index contributed by atoms with van der Waals surface area (Å²) in [4.78, 5) is 22.2. The fraction of sp³-hybridized carbons (Fsp3) is 0.312. The number of carbonyl (C=O) groups is 1. The van der Waals surface area contributed by atoms with Crippen LogP contribution in [-0.4, -0.2) is 40.0 Å². The van der Waals surface area contributed by atoms with Gasteiger partial charge >= 0.3 is 0 Å². The fourth-order valence-electron chi connectivity index (χ4n) is 2.53. The second kappa shape index (κ2) is 7.15. The van der Waals surface area contributed by atoms with Crippen molar-refractivity contribution in [2.75, 3.05) is 13.1 Å². The molecule has 0 spiro atoms. The summed E-state index contributed by atoms with van der Waals surface area (Å²) in [5, 5.41) is 0.894. The van der Waals surface area contributed by atoms with Crippen LogP contribution in [-0.2, 0) is 0 Å². The molecule has 3 rings (SSSR count). The molecule has 1 aliphatic heterocycles. The maximum Gasteiger partial charge on any atom is 0.255 e. The largest absolute Gasteiger partial charge is 0.474 e. The first-order valence-corrected chi connectivity index (χ1v) is 8.06. The standard InChI is InChI=1S/C16H15Cl2N3O2/c17-11-1-2-13(14(18)9-11)16(22)21-7-4-12(5-8-21)23-15-3-6-19-10-20-15/h1-3,6,9-10,12H,4-5,7-8H2. The molecule has 1 aromatic carbocycles. The summed E-state index contributed by atoms with van der Waals surface area (Å²) in [6, 6.07) is 6.65. The van der Waals surface area contributed by atoms with Crippen molar-refractivity contribution in [2.45, 2.75) is 18.9 Å². The van der Waals surface area contributed by atoms with E-state index in [1.165, 1.54) is 6.33 Å². The van der Waals surface area contributed by atoms with Crippen molar-refractivity contribution < 1.29 is 9.53 Å². The zero-order chi connectivity index (χ0) is 16.2. The van der Waals surface area contributed by atoms with E-state index in [-0.39, 0.29) is 12.0 Å². The quantitative estimate of drug-likeness (QED) is 0.849. The van der Waals surface area contributed by atoms with Gasteiger partial charge in [-0.2, -0.15) is 0 Å². The number of hydrogen-bond donors (Lipinski definition) is 0. The molecule has 0 saturated carbocycles. The number of ether oxygens (including phenoxy) is 1. The minimum absolute atomic E-state index is 0.0506. The molecule has 0 aliphatic carbocycles. The molecule has 7 heteroatoms. The molecule has 1 amide bonds. The van der Waals surface area contributed by atoms with Crippen LogP contribution in [0.5, 0.6) is 5.88 Å². The Kier molecular flexibility index (Phi) is 4.98. The van der Waals surface area contributed by atoms with Crippen LogP contribution in [0, 0.1) is 0 Å². The van der Waals surface area contributed by atoms with Crippen molar-refractivity contribution in [3.63, 3.8) is 0 Å². The van der Waals surface area contributed by atoms with Gasteiger partial charge in [-0.1, -0.05) is 23.2 Å². The molecule has 120 valence electrons. The summed E-state index contributed by atoms with van der Waals surface area (Å²) < 4.78 is 5.80. The Balaban J connectivity index is 1.59. The second-order valence-electron chi connectivity index (χ2n) is 5.28. The minimum atomic E-state index is -0.0767. The molecule has 0 unspecified atom stereocenters. The van der Waals surface area contributed by atoms with Gasteiger partial charge in [-0.3, -0.25) is 4.79 Å². The summed E-state index contributed by atoms with van der Waals surface area (Å²) in [6.45, 7) is 1.24. The Morgan fingerprint density at radius 3 is 2.65 bits per heavy atom. The number of benzene rings is 1. The molecular formula is C16H15Cl2N3O2. The number of piperidine rings is 1. The highest BCUT2D eigenvalue weighted by molar-refractivity contribution is 6.36. The average Bonchev–Trinajstić information content (AvgIpc) is 2.56. The van der Waals surface area contributed by atoms with Crippen LogP contribution in [0.2, 0.25) is 10.0 Å². The van der Waals surface area contributed by atoms with Crippen molar-refractivity contribution in [3.8, 4) is 5.88 Å². The van der Waals surface area contributed by atoms with Crippen LogP contribution in [0.3, 0.4) is 0 Å². The Morgan fingerprint density at radius 2 is 2.00 bits per heavy atom. The molecule has 0 N–H and O–H groups in total. The van der Waals surface area contributed by atoms with Crippen LogP contribution < -0.4 is 4.74 Å². The lowest BCUT2D eigenvalue weighted by Crippen LogP contribution is -2.42. The lowest BCUT2D eigenvalue weighted by molar-refractivity contribution is 0.0588. The minimum Gasteiger partial charge on any atom is -0.474 e. The van der Waals surface area contributed by atoms with Gasteiger partial charge in [0.05, 0.1) is 10.6 Å². The summed E-state index contributed by atoms with van der Waals surface area (Å²) >= 11 is 12.0. The lowest BCUT2D eigenvalue weighted by Gasteiger charge is -2.32. The predicted molar refractivity (Wildman–Crippen MR) is 88.0 cm³/mol. The normalized spacial score (nSPS) is 15.5. The third kappa shape index (κ3) is 3.92. The molecule has 2 heterocycles. The Morgan fingerprint density at radius 1 is 1.22 bits per heavy atom. The van der Waals surface area contributed by atoms with Crippen molar-refractivity contribution in [3.05, 3.63) is 52.4 Å². The van der Waals surface area contributed by atoms with Gasteiger partial charge in [0.2, 0.25) is 5.88 Å². The highest BCUT2D eigenvalue weighted by Crippen LogP contribution is 2.24. The Labute approximate surface area is 144 Å². The van der Waals surface area contributed by atoms with Gasteiger partial charge in [-0.05, 0) is 18.2 Å². The van der Waals surface area contributed by atoms with Crippen LogP contribution >= 0.6 is 23.2 Å². The maximum atomic E-state index is 12.5. The number of rotatable bonds is 3. The van der Waals surface area contributed by atoms with Crippen molar-refractivity contribution in [1.82, 2.24) is 14.9 Å². The van der Waals surface area contributed by atoms with Gasteiger partial charge in [-0.25, -0.2) is 9.97 Å². The smallest absolute Gasteiger partial charge is 0.255 e. The van der Waals surface area contributed by atoms with Crippen LogP contribution in [0.15, 0.2) is 36.8 Å². The first-order chi connectivity index (χ1) is 11.1. The lowest BCUT2D eigenvalue weighted by atomic mass is 10.1.